The van der Waals surface area contributed by atoms with Gasteiger partial charge in [-0.05, 0) is 25.3 Å². The molecular formula is C16H26IN5OS2. The molecule has 0 aliphatic rings. The molecule has 1 atom stereocenters. The predicted molar refractivity (Wildman–Crippen MR) is 119 cm³/mol. The van der Waals surface area contributed by atoms with Crippen LogP contribution >= 0.6 is 46.7 Å². The number of hydrogen-bond donors (Lipinski definition) is 3. The number of aliphatic hydroxyl groups is 1. The first kappa shape index (κ1) is 22.1. The van der Waals surface area contributed by atoms with E-state index in [0.29, 0.717) is 19.0 Å². The number of nitrogens with zero attached hydrogens (tertiary/aromatic N) is 3. The van der Waals surface area contributed by atoms with Crippen LogP contribution in [0.25, 0.3) is 0 Å². The summed E-state index contributed by atoms with van der Waals surface area (Å²) in [7, 11) is 3.95. The molecule has 0 aliphatic heterocycles. The number of aromatic nitrogens is 1. The van der Waals surface area contributed by atoms with Crippen molar-refractivity contribution in [1.82, 2.24) is 15.6 Å². The van der Waals surface area contributed by atoms with Gasteiger partial charge in [0.05, 0.1) is 18.8 Å². The summed E-state index contributed by atoms with van der Waals surface area (Å²) < 4.78 is 0. The molecule has 0 saturated heterocycles. The van der Waals surface area contributed by atoms with E-state index < -0.39 is 5.60 Å². The Hall–Kier alpha value is -0.910. The van der Waals surface area contributed by atoms with Crippen molar-refractivity contribution in [3.8, 4) is 0 Å². The average Bonchev–Trinajstić information content (AvgIpc) is 3.21. The van der Waals surface area contributed by atoms with Crippen LogP contribution in [0, 0.1) is 0 Å². The number of rotatable bonds is 7. The lowest BCUT2D eigenvalue weighted by atomic mass is 10.1. The zero-order valence-corrected chi connectivity index (χ0v) is 18.9. The summed E-state index contributed by atoms with van der Waals surface area (Å²) in [4.78, 5) is 12.0. The Labute approximate surface area is 174 Å². The smallest absolute Gasteiger partial charge is 0.191 e. The SMILES string of the molecule is CCNC(=NCc1csc(N(C)C)n1)NCC(C)(O)c1cccs1.I. The van der Waals surface area contributed by atoms with E-state index in [2.05, 4.69) is 20.6 Å². The number of thiazole rings is 1. The fourth-order valence-corrected chi connectivity index (χ4v) is 3.54. The summed E-state index contributed by atoms with van der Waals surface area (Å²) >= 11 is 3.15. The molecule has 0 aliphatic carbocycles. The number of hydrogen-bond acceptors (Lipinski definition) is 6. The van der Waals surface area contributed by atoms with Crippen LogP contribution in [-0.2, 0) is 12.1 Å². The number of guanidine groups is 1. The molecule has 0 bridgehead atoms. The van der Waals surface area contributed by atoms with Crippen molar-refractivity contribution in [2.24, 2.45) is 4.99 Å². The van der Waals surface area contributed by atoms with Crippen LogP contribution in [0.3, 0.4) is 0 Å². The molecule has 1 unspecified atom stereocenters. The lowest BCUT2D eigenvalue weighted by molar-refractivity contribution is 0.0655. The van der Waals surface area contributed by atoms with E-state index in [1.807, 2.05) is 48.8 Å². The van der Waals surface area contributed by atoms with Gasteiger partial charge in [0.25, 0.3) is 0 Å². The van der Waals surface area contributed by atoms with Crippen LogP contribution in [0.2, 0.25) is 0 Å². The zero-order chi connectivity index (χ0) is 17.6. The van der Waals surface area contributed by atoms with Crippen LogP contribution in [0.15, 0.2) is 27.9 Å². The third kappa shape index (κ3) is 6.72. The largest absolute Gasteiger partial charge is 0.383 e. The highest BCUT2D eigenvalue weighted by molar-refractivity contribution is 14.0. The maximum atomic E-state index is 10.6. The van der Waals surface area contributed by atoms with Gasteiger partial charge in [-0.2, -0.15) is 0 Å². The van der Waals surface area contributed by atoms with Gasteiger partial charge in [-0.15, -0.1) is 46.7 Å². The molecule has 0 amide bonds. The fraction of sp³-hybridized carbons (Fsp3) is 0.500. The molecule has 25 heavy (non-hydrogen) atoms. The van der Waals surface area contributed by atoms with E-state index in [1.165, 1.54) is 0 Å². The Morgan fingerprint density at radius 1 is 1.36 bits per heavy atom. The monoisotopic (exact) mass is 495 g/mol. The second-order valence-corrected chi connectivity index (χ2v) is 7.60. The van der Waals surface area contributed by atoms with Gasteiger partial charge in [0, 0.05) is 30.9 Å². The molecule has 0 spiro atoms. The summed E-state index contributed by atoms with van der Waals surface area (Å²) in [6.07, 6.45) is 0. The first-order valence-electron chi connectivity index (χ1n) is 7.82. The second kappa shape index (κ2) is 10.3. The van der Waals surface area contributed by atoms with E-state index in [4.69, 9.17) is 0 Å². The van der Waals surface area contributed by atoms with Crippen molar-refractivity contribution in [2.45, 2.75) is 26.0 Å². The van der Waals surface area contributed by atoms with Crippen LogP contribution < -0.4 is 15.5 Å². The minimum Gasteiger partial charge on any atom is -0.383 e. The topological polar surface area (TPSA) is 72.8 Å². The standard InChI is InChI=1S/C16H25N5OS2.HI/c1-5-17-14(18-9-12-10-24-15(20-12)21(3)4)19-11-16(2,22)13-7-6-8-23-13;/h6-8,10,22H,5,9,11H2,1-4H3,(H2,17,18,19);1H. The molecule has 9 heteroatoms. The van der Waals surface area contributed by atoms with Gasteiger partial charge in [-0.3, -0.25) is 0 Å². The van der Waals surface area contributed by atoms with E-state index in [9.17, 15) is 5.11 Å². The Morgan fingerprint density at radius 3 is 2.68 bits per heavy atom. The Balaban J connectivity index is 0.00000312. The number of anilines is 1. The van der Waals surface area contributed by atoms with Crippen molar-refractivity contribution in [3.63, 3.8) is 0 Å². The summed E-state index contributed by atoms with van der Waals surface area (Å²) in [5.41, 5.74) is 0.00854. The van der Waals surface area contributed by atoms with E-state index in [0.717, 1.165) is 22.2 Å². The van der Waals surface area contributed by atoms with Gasteiger partial charge in [0.15, 0.2) is 11.1 Å². The normalized spacial score (nSPS) is 13.7. The van der Waals surface area contributed by atoms with Crippen LogP contribution in [-0.4, -0.2) is 43.2 Å². The van der Waals surface area contributed by atoms with E-state index >= 15 is 0 Å². The number of aliphatic imine (C=N–C) groups is 1. The molecule has 6 nitrogen and oxygen atoms in total. The third-order valence-electron chi connectivity index (χ3n) is 3.32. The Bertz CT molecular complexity index is 655. The average molecular weight is 495 g/mol. The summed E-state index contributed by atoms with van der Waals surface area (Å²) in [6.45, 7) is 5.47. The van der Waals surface area contributed by atoms with Crippen molar-refractivity contribution in [2.75, 3.05) is 32.1 Å². The minimum absolute atomic E-state index is 0. The number of halogens is 1. The van der Waals surface area contributed by atoms with Crippen molar-refractivity contribution < 1.29 is 5.11 Å². The first-order chi connectivity index (χ1) is 11.4. The quantitative estimate of drug-likeness (QED) is 0.313. The zero-order valence-electron chi connectivity index (χ0n) is 14.9. The van der Waals surface area contributed by atoms with Crippen molar-refractivity contribution >= 4 is 57.7 Å². The highest BCUT2D eigenvalue weighted by Crippen LogP contribution is 2.24. The Morgan fingerprint density at radius 2 is 2.12 bits per heavy atom. The van der Waals surface area contributed by atoms with Gasteiger partial charge in [0.1, 0.15) is 5.60 Å². The molecule has 2 aromatic heterocycles. The minimum atomic E-state index is -0.927. The Kier molecular flexibility index (Phi) is 9.11. The van der Waals surface area contributed by atoms with Gasteiger partial charge < -0.3 is 20.6 Å². The molecule has 0 saturated carbocycles. The van der Waals surface area contributed by atoms with Crippen LogP contribution in [0.5, 0.6) is 0 Å². The molecular weight excluding hydrogens is 469 g/mol. The van der Waals surface area contributed by atoms with Gasteiger partial charge in [-0.25, -0.2) is 9.98 Å². The number of nitrogens with one attached hydrogen (secondary N) is 2. The predicted octanol–water partition coefficient (Wildman–Crippen LogP) is 2.85. The molecule has 2 heterocycles. The molecule has 0 aromatic carbocycles. The van der Waals surface area contributed by atoms with Gasteiger partial charge in [-0.1, -0.05) is 6.07 Å². The van der Waals surface area contributed by atoms with Gasteiger partial charge >= 0.3 is 0 Å². The summed E-state index contributed by atoms with van der Waals surface area (Å²) in [5.74, 6) is 0.675. The second-order valence-electron chi connectivity index (χ2n) is 5.82. The maximum absolute atomic E-state index is 10.6. The lowest BCUT2D eigenvalue weighted by Crippen LogP contribution is -2.44. The van der Waals surface area contributed by atoms with E-state index in [-0.39, 0.29) is 24.0 Å². The summed E-state index contributed by atoms with van der Waals surface area (Å²) in [5, 5.41) is 22.0. The first-order valence-corrected chi connectivity index (χ1v) is 9.58. The molecule has 0 radical (unpaired) electrons. The summed E-state index contributed by atoms with van der Waals surface area (Å²) in [6, 6.07) is 3.88. The van der Waals surface area contributed by atoms with Crippen molar-refractivity contribution in [3.05, 3.63) is 33.5 Å². The van der Waals surface area contributed by atoms with Crippen molar-refractivity contribution in [1.29, 1.82) is 0 Å². The molecule has 2 rings (SSSR count). The molecule has 3 N–H and O–H groups in total. The molecule has 140 valence electrons. The van der Waals surface area contributed by atoms with Gasteiger partial charge in [0.2, 0.25) is 0 Å². The van der Waals surface area contributed by atoms with Crippen LogP contribution in [0.4, 0.5) is 5.13 Å². The highest BCUT2D eigenvalue weighted by Gasteiger charge is 2.24. The van der Waals surface area contributed by atoms with E-state index in [1.54, 1.807) is 29.6 Å². The molecule has 0 fully saturated rings. The van der Waals surface area contributed by atoms with Crippen LogP contribution in [0.1, 0.15) is 24.4 Å². The fourth-order valence-electron chi connectivity index (χ4n) is 2.00. The maximum Gasteiger partial charge on any atom is 0.191 e. The lowest BCUT2D eigenvalue weighted by Gasteiger charge is -2.23. The third-order valence-corrected chi connectivity index (χ3v) is 5.50. The molecule has 2 aromatic rings. The number of thiophene rings is 1. The highest BCUT2D eigenvalue weighted by atomic mass is 127.